The molecule has 2 amide bonds. The van der Waals surface area contributed by atoms with E-state index in [1.807, 2.05) is 25.2 Å². The van der Waals surface area contributed by atoms with Crippen LogP contribution in [0.4, 0.5) is 11.4 Å². The zero-order chi connectivity index (χ0) is 17.4. The SMILES string of the molecule is CNCCCC(=O)NC(C)C(=O)Nc1cccc(N2CCCC2)c1.Cl.Cl. The van der Waals surface area contributed by atoms with Gasteiger partial charge in [-0.2, -0.15) is 0 Å². The Hall–Kier alpha value is -1.50. The fourth-order valence-corrected chi connectivity index (χ4v) is 2.81. The summed E-state index contributed by atoms with van der Waals surface area (Å²) in [6, 6.07) is 7.32. The van der Waals surface area contributed by atoms with Crippen LogP contribution < -0.4 is 20.9 Å². The van der Waals surface area contributed by atoms with E-state index in [2.05, 4.69) is 26.9 Å². The number of anilines is 2. The van der Waals surface area contributed by atoms with Crippen LogP contribution in [-0.2, 0) is 9.59 Å². The molecule has 0 bridgehead atoms. The van der Waals surface area contributed by atoms with Gasteiger partial charge in [0, 0.05) is 30.9 Å². The summed E-state index contributed by atoms with van der Waals surface area (Å²) in [7, 11) is 1.85. The van der Waals surface area contributed by atoms with Crippen LogP contribution in [0, 0.1) is 0 Å². The van der Waals surface area contributed by atoms with Gasteiger partial charge in [-0.05, 0) is 58.0 Å². The molecule has 2 rings (SSSR count). The van der Waals surface area contributed by atoms with Crippen molar-refractivity contribution in [3.05, 3.63) is 24.3 Å². The Morgan fingerprint density at radius 2 is 1.88 bits per heavy atom. The summed E-state index contributed by atoms with van der Waals surface area (Å²) >= 11 is 0. The first kappa shape index (κ1) is 24.5. The first-order chi connectivity index (χ1) is 11.6. The predicted octanol–water partition coefficient (Wildman–Crippen LogP) is 2.57. The Morgan fingerprint density at radius 3 is 2.54 bits per heavy atom. The topological polar surface area (TPSA) is 73.5 Å². The van der Waals surface area contributed by atoms with Crippen LogP contribution in [0.3, 0.4) is 0 Å². The fraction of sp³-hybridized carbons (Fsp3) is 0.556. The molecule has 1 aliphatic heterocycles. The van der Waals surface area contributed by atoms with Crippen molar-refractivity contribution in [3.8, 4) is 0 Å². The minimum absolute atomic E-state index is 0. The van der Waals surface area contributed by atoms with Crippen molar-refractivity contribution in [2.75, 3.05) is 36.9 Å². The van der Waals surface area contributed by atoms with E-state index in [1.54, 1.807) is 6.92 Å². The molecule has 1 atom stereocenters. The van der Waals surface area contributed by atoms with Crippen molar-refractivity contribution >= 4 is 48.0 Å². The van der Waals surface area contributed by atoms with Crippen LogP contribution in [-0.4, -0.2) is 44.5 Å². The molecule has 3 N–H and O–H groups in total. The van der Waals surface area contributed by atoms with Gasteiger partial charge in [0.1, 0.15) is 6.04 Å². The van der Waals surface area contributed by atoms with E-state index in [0.29, 0.717) is 6.42 Å². The maximum Gasteiger partial charge on any atom is 0.246 e. The van der Waals surface area contributed by atoms with Crippen LogP contribution in [0.2, 0.25) is 0 Å². The number of carbonyl (C=O) groups excluding carboxylic acids is 2. The van der Waals surface area contributed by atoms with E-state index in [4.69, 9.17) is 0 Å². The Bertz CT molecular complexity index is 566. The minimum atomic E-state index is -0.553. The zero-order valence-electron chi connectivity index (χ0n) is 15.4. The van der Waals surface area contributed by atoms with E-state index in [9.17, 15) is 9.59 Å². The standard InChI is InChI=1S/C18H28N4O2.2ClH/c1-14(20-17(23)9-6-10-19-2)18(24)21-15-7-5-8-16(13-15)22-11-3-4-12-22;;/h5,7-8,13-14,19H,3-4,6,9-12H2,1-2H3,(H,20,23)(H,21,24);2*1H. The molecule has 1 saturated heterocycles. The van der Waals surface area contributed by atoms with E-state index in [1.165, 1.54) is 12.8 Å². The lowest BCUT2D eigenvalue weighted by atomic mass is 10.2. The number of nitrogens with zero attached hydrogens (tertiary/aromatic N) is 1. The molecule has 0 saturated carbocycles. The average Bonchev–Trinajstić information content (AvgIpc) is 3.10. The summed E-state index contributed by atoms with van der Waals surface area (Å²) in [5.41, 5.74) is 1.90. The number of halogens is 2. The van der Waals surface area contributed by atoms with E-state index >= 15 is 0 Å². The molecule has 0 aromatic heterocycles. The van der Waals surface area contributed by atoms with Crippen LogP contribution in [0.5, 0.6) is 0 Å². The molecule has 1 aromatic carbocycles. The molecule has 1 unspecified atom stereocenters. The highest BCUT2D eigenvalue weighted by atomic mass is 35.5. The molecule has 6 nitrogen and oxygen atoms in total. The average molecular weight is 405 g/mol. The summed E-state index contributed by atoms with van der Waals surface area (Å²) in [6.45, 7) is 4.62. The van der Waals surface area contributed by atoms with Crippen molar-refractivity contribution in [2.45, 2.75) is 38.6 Å². The Balaban J connectivity index is 0.00000312. The van der Waals surface area contributed by atoms with Gasteiger partial charge in [0.15, 0.2) is 0 Å². The minimum Gasteiger partial charge on any atom is -0.371 e. The van der Waals surface area contributed by atoms with Crippen molar-refractivity contribution in [3.63, 3.8) is 0 Å². The number of hydrogen-bond acceptors (Lipinski definition) is 4. The Kier molecular flexibility index (Phi) is 12.1. The number of rotatable bonds is 8. The highest BCUT2D eigenvalue weighted by molar-refractivity contribution is 5.97. The van der Waals surface area contributed by atoms with Gasteiger partial charge in [-0.15, -0.1) is 24.8 Å². The van der Waals surface area contributed by atoms with Gasteiger partial charge in [0.25, 0.3) is 0 Å². The molecular weight excluding hydrogens is 375 g/mol. The van der Waals surface area contributed by atoms with Crippen molar-refractivity contribution in [1.29, 1.82) is 0 Å². The second-order valence-corrected chi connectivity index (χ2v) is 6.23. The van der Waals surface area contributed by atoms with Gasteiger partial charge in [-0.1, -0.05) is 6.07 Å². The molecule has 0 radical (unpaired) electrons. The molecule has 0 aliphatic carbocycles. The molecule has 26 heavy (non-hydrogen) atoms. The maximum atomic E-state index is 12.3. The zero-order valence-corrected chi connectivity index (χ0v) is 17.0. The highest BCUT2D eigenvalue weighted by Gasteiger charge is 2.17. The first-order valence-corrected chi connectivity index (χ1v) is 8.70. The summed E-state index contributed by atoms with van der Waals surface area (Å²) in [5, 5.41) is 8.62. The van der Waals surface area contributed by atoms with Gasteiger partial charge in [0.2, 0.25) is 11.8 Å². The number of amides is 2. The van der Waals surface area contributed by atoms with Crippen LogP contribution >= 0.6 is 24.8 Å². The van der Waals surface area contributed by atoms with E-state index in [-0.39, 0.29) is 36.6 Å². The molecule has 0 spiro atoms. The van der Waals surface area contributed by atoms with Gasteiger partial charge in [-0.25, -0.2) is 0 Å². The first-order valence-electron chi connectivity index (χ1n) is 8.70. The molecule has 8 heteroatoms. The molecular formula is C18H30Cl2N4O2. The normalized spacial score (nSPS) is 14.0. The molecule has 1 heterocycles. The fourth-order valence-electron chi connectivity index (χ4n) is 2.81. The second kappa shape index (κ2) is 12.8. The number of nitrogens with one attached hydrogen (secondary N) is 3. The van der Waals surface area contributed by atoms with Gasteiger partial charge in [-0.3, -0.25) is 9.59 Å². The smallest absolute Gasteiger partial charge is 0.246 e. The van der Waals surface area contributed by atoms with Gasteiger partial charge in [0.05, 0.1) is 0 Å². The largest absolute Gasteiger partial charge is 0.371 e. The second-order valence-electron chi connectivity index (χ2n) is 6.23. The highest BCUT2D eigenvalue weighted by Crippen LogP contribution is 2.23. The monoisotopic (exact) mass is 404 g/mol. The summed E-state index contributed by atoms with van der Waals surface area (Å²) in [4.78, 5) is 26.4. The molecule has 1 fully saturated rings. The van der Waals surface area contributed by atoms with Crippen molar-refractivity contribution in [1.82, 2.24) is 10.6 Å². The van der Waals surface area contributed by atoms with Crippen molar-refractivity contribution in [2.24, 2.45) is 0 Å². The molecule has 1 aromatic rings. The Morgan fingerprint density at radius 1 is 1.19 bits per heavy atom. The van der Waals surface area contributed by atoms with E-state index < -0.39 is 6.04 Å². The third-order valence-corrected chi connectivity index (χ3v) is 4.19. The lowest BCUT2D eigenvalue weighted by molar-refractivity contribution is -0.126. The molecule has 148 valence electrons. The summed E-state index contributed by atoms with van der Waals surface area (Å²) in [5.74, 6) is -0.297. The van der Waals surface area contributed by atoms with Gasteiger partial charge < -0.3 is 20.9 Å². The quantitative estimate of drug-likeness (QED) is 0.582. The van der Waals surface area contributed by atoms with Crippen LogP contribution in [0.15, 0.2) is 24.3 Å². The third kappa shape index (κ3) is 7.81. The van der Waals surface area contributed by atoms with Crippen molar-refractivity contribution < 1.29 is 9.59 Å². The molecule has 1 aliphatic rings. The number of benzene rings is 1. The number of hydrogen-bond donors (Lipinski definition) is 3. The lowest BCUT2D eigenvalue weighted by Crippen LogP contribution is -2.41. The predicted molar refractivity (Wildman–Crippen MR) is 112 cm³/mol. The van der Waals surface area contributed by atoms with E-state index in [0.717, 1.165) is 37.4 Å². The lowest BCUT2D eigenvalue weighted by Gasteiger charge is -2.19. The number of carbonyl (C=O) groups is 2. The summed E-state index contributed by atoms with van der Waals surface area (Å²) in [6.07, 6.45) is 3.61. The van der Waals surface area contributed by atoms with Gasteiger partial charge >= 0.3 is 0 Å². The van der Waals surface area contributed by atoms with Crippen LogP contribution in [0.25, 0.3) is 0 Å². The van der Waals surface area contributed by atoms with Crippen LogP contribution in [0.1, 0.15) is 32.6 Å². The third-order valence-electron chi connectivity index (χ3n) is 4.19. The summed E-state index contributed by atoms with van der Waals surface area (Å²) < 4.78 is 0. The maximum absolute atomic E-state index is 12.3. The Labute approximate surface area is 168 Å².